The van der Waals surface area contributed by atoms with Crippen LogP contribution in [0.25, 0.3) is 22.4 Å². The van der Waals surface area contributed by atoms with Gasteiger partial charge < -0.3 is 10.1 Å². The first-order valence-electron chi connectivity index (χ1n) is 7.30. The molecular weight excluding hydrogens is 304 g/mol. The largest absolute Gasteiger partial charge is 0.508 e. The smallest absolute Gasteiger partial charge is 0.138 e. The SMILES string of the molecule is Oc1ccc(-c2nc3ccc(Sc4ccccc4)cc3[nH]2)cc1. The zero-order valence-corrected chi connectivity index (χ0v) is 13.0. The van der Waals surface area contributed by atoms with Crippen LogP contribution in [0, 0.1) is 0 Å². The van der Waals surface area contributed by atoms with Gasteiger partial charge in [-0.25, -0.2) is 4.98 Å². The van der Waals surface area contributed by atoms with E-state index in [0.29, 0.717) is 0 Å². The van der Waals surface area contributed by atoms with Gasteiger partial charge >= 0.3 is 0 Å². The highest BCUT2D eigenvalue weighted by molar-refractivity contribution is 7.99. The molecule has 1 heterocycles. The molecule has 0 unspecified atom stereocenters. The van der Waals surface area contributed by atoms with Crippen LogP contribution in [0.1, 0.15) is 0 Å². The van der Waals surface area contributed by atoms with E-state index < -0.39 is 0 Å². The molecule has 23 heavy (non-hydrogen) atoms. The molecule has 0 bridgehead atoms. The van der Waals surface area contributed by atoms with Gasteiger partial charge in [0.15, 0.2) is 0 Å². The minimum atomic E-state index is 0.256. The number of nitrogens with one attached hydrogen (secondary N) is 1. The highest BCUT2D eigenvalue weighted by Crippen LogP contribution is 2.30. The number of phenolic OH excluding ortho intramolecular Hbond substituents is 1. The standard InChI is InChI=1S/C19H14N2OS/c22-14-8-6-13(7-9-14)19-20-17-11-10-16(12-18(17)21-19)23-15-4-2-1-3-5-15/h1-12,22H,(H,20,21). The van der Waals surface area contributed by atoms with Gasteiger partial charge in [0.1, 0.15) is 11.6 Å². The molecule has 0 fully saturated rings. The Kier molecular flexibility index (Phi) is 3.52. The van der Waals surface area contributed by atoms with E-state index in [4.69, 9.17) is 0 Å². The predicted molar refractivity (Wildman–Crippen MR) is 93.8 cm³/mol. The van der Waals surface area contributed by atoms with Gasteiger partial charge in [0.25, 0.3) is 0 Å². The zero-order chi connectivity index (χ0) is 15.6. The summed E-state index contributed by atoms with van der Waals surface area (Å²) in [6.07, 6.45) is 0. The molecule has 0 amide bonds. The molecule has 3 aromatic carbocycles. The summed E-state index contributed by atoms with van der Waals surface area (Å²) >= 11 is 1.73. The van der Waals surface area contributed by atoms with Crippen molar-refractivity contribution in [1.29, 1.82) is 0 Å². The van der Waals surface area contributed by atoms with Crippen molar-refractivity contribution in [2.45, 2.75) is 9.79 Å². The lowest BCUT2D eigenvalue weighted by molar-refractivity contribution is 0.475. The second-order valence-corrected chi connectivity index (χ2v) is 6.37. The molecule has 0 aliphatic rings. The Bertz CT molecular complexity index is 946. The number of aromatic nitrogens is 2. The molecule has 0 saturated heterocycles. The van der Waals surface area contributed by atoms with Gasteiger partial charge in [0, 0.05) is 15.4 Å². The predicted octanol–water partition coefficient (Wildman–Crippen LogP) is 5.09. The molecule has 1 aromatic heterocycles. The van der Waals surface area contributed by atoms with Crippen LogP contribution in [0.2, 0.25) is 0 Å². The number of aromatic amines is 1. The van der Waals surface area contributed by atoms with Crippen LogP contribution in [0.5, 0.6) is 5.75 Å². The molecule has 112 valence electrons. The van der Waals surface area contributed by atoms with Crippen molar-refractivity contribution in [3.8, 4) is 17.1 Å². The van der Waals surface area contributed by atoms with Gasteiger partial charge in [-0.2, -0.15) is 0 Å². The molecule has 4 heteroatoms. The average Bonchev–Trinajstić information content (AvgIpc) is 3.00. The third-order valence-electron chi connectivity index (χ3n) is 3.57. The van der Waals surface area contributed by atoms with Crippen molar-refractivity contribution in [2.75, 3.05) is 0 Å². The Labute approximate surface area is 138 Å². The van der Waals surface area contributed by atoms with Crippen LogP contribution in [-0.4, -0.2) is 15.1 Å². The number of nitrogens with zero attached hydrogens (tertiary/aromatic N) is 1. The Morgan fingerprint density at radius 3 is 2.39 bits per heavy atom. The number of rotatable bonds is 3. The van der Waals surface area contributed by atoms with Crippen LogP contribution >= 0.6 is 11.8 Å². The molecule has 0 radical (unpaired) electrons. The molecule has 0 saturated carbocycles. The van der Waals surface area contributed by atoms with E-state index in [1.807, 2.05) is 36.4 Å². The summed E-state index contributed by atoms with van der Waals surface area (Å²) in [5.74, 6) is 1.06. The highest BCUT2D eigenvalue weighted by Gasteiger charge is 2.07. The van der Waals surface area contributed by atoms with E-state index in [2.05, 4.69) is 34.2 Å². The first-order chi connectivity index (χ1) is 11.3. The van der Waals surface area contributed by atoms with Crippen LogP contribution in [0.4, 0.5) is 0 Å². The Morgan fingerprint density at radius 1 is 0.826 bits per heavy atom. The van der Waals surface area contributed by atoms with Crippen molar-refractivity contribution in [3.05, 3.63) is 72.8 Å². The summed E-state index contributed by atoms with van der Waals surface area (Å²) in [4.78, 5) is 10.3. The Balaban J connectivity index is 1.68. The topological polar surface area (TPSA) is 48.9 Å². The summed E-state index contributed by atoms with van der Waals surface area (Å²) in [5.41, 5.74) is 2.90. The summed E-state index contributed by atoms with van der Waals surface area (Å²) in [7, 11) is 0. The lowest BCUT2D eigenvalue weighted by Crippen LogP contribution is -1.78. The first-order valence-corrected chi connectivity index (χ1v) is 8.12. The fraction of sp³-hybridized carbons (Fsp3) is 0. The van der Waals surface area contributed by atoms with E-state index in [9.17, 15) is 5.11 Å². The fourth-order valence-corrected chi connectivity index (χ4v) is 3.31. The van der Waals surface area contributed by atoms with Crippen LogP contribution in [0.15, 0.2) is 82.6 Å². The lowest BCUT2D eigenvalue weighted by Gasteiger charge is -2.00. The number of aromatic hydroxyl groups is 1. The number of imidazole rings is 1. The van der Waals surface area contributed by atoms with Gasteiger partial charge in [0.05, 0.1) is 11.0 Å². The number of fused-ring (bicyclic) bond motifs is 1. The number of hydrogen-bond acceptors (Lipinski definition) is 3. The highest BCUT2D eigenvalue weighted by atomic mass is 32.2. The molecule has 0 atom stereocenters. The molecule has 0 spiro atoms. The van der Waals surface area contributed by atoms with Crippen LogP contribution < -0.4 is 0 Å². The Hall–Kier alpha value is -2.72. The third-order valence-corrected chi connectivity index (χ3v) is 4.57. The van der Waals surface area contributed by atoms with Crippen molar-refractivity contribution in [1.82, 2.24) is 9.97 Å². The molecule has 2 N–H and O–H groups in total. The number of H-pyrrole nitrogens is 1. The summed E-state index contributed by atoms with van der Waals surface area (Å²) < 4.78 is 0. The summed E-state index contributed by atoms with van der Waals surface area (Å²) in [6.45, 7) is 0. The molecule has 0 aliphatic carbocycles. The van der Waals surface area contributed by atoms with E-state index in [1.54, 1.807) is 23.9 Å². The minimum absolute atomic E-state index is 0.256. The quantitative estimate of drug-likeness (QED) is 0.553. The first kappa shape index (κ1) is 13.9. The van der Waals surface area contributed by atoms with E-state index in [0.717, 1.165) is 22.4 Å². The van der Waals surface area contributed by atoms with Crippen molar-refractivity contribution in [2.24, 2.45) is 0 Å². The number of phenols is 1. The van der Waals surface area contributed by atoms with Crippen molar-refractivity contribution >= 4 is 22.8 Å². The molecule has 4 rings (SSSR count). The summed E-state index contributed by atoms with van der Waals surface area (Å²) in [6, 6.07) is 23.6. The minimum Gasteiger partial charge on any atom is -0.508 e. The van der Waals surface area contributed by atoms with Gasteiger partial charge in [0.2, 0.25) is 0 Å². The van der Waals surface area contributed by atoms with Gasteiger partial charge in [-0.1, -0.05) is 30.0 Å². The lowest BCUT2D eigenvalue weighted by atomic mass is 10.2. The monoisotopic (exact) mass is 318 g/mol. The van der Waals surface area contributed by atoms with Crippen molar-refractivity contribution in [3.63, 3.8) is 0 Å². The third kappa shape index (κ3) is 2.94. The second kappa shape index (κ2) is 5.82. The molecule has 0 aliphatic heterocycles. The Morgan fingerprint density at radius 2 is 1.61 bits per heavy atom. The second-order valence-electron chi connectivity index (χ2n) is 5.23. The van der Waals surface area contributed by atoms with Gasteiger partial charge in [-0.05, 0) is 54.6 Å². The van der Waals surface area contributed by atoms with Crippen molar-refractivity contribution < 1.29 is 5.11 Å². The van der Waals surface area contributed by atoms with E-state index >= 15 is 0 Å². The average molecular weight is 318 g/mol. The molecule has 4 aromatic rings. The van der Waals surface area contributed by atoms with Gasteiger partial charge in [-0.3, -0.25) is 0 Å². The fourth-order valence-electron chi connectivity index (χ4n) is 2.43. The van der Waals surface area contributed by atoms with E-state index in [1.165, 1.54) is 9.79 Å². The van der Waals surface area contributed by atoms with Crippen LogP contribution in [-0.2, 0) is 0 Å². The zero-order valence-electron chi connectivity index (χ0n) is 12.2. The maximum atomic E-state index is 9.39. The number of hydrogen-bond donors (Lipinski definition) is 2. The molecular formula is C19H14N2OS. The maximum Gasteiger partial charge on any atom is 0.138 e. The maximum absolute atomic E-state index is 9.39. The normalized spacial score (nSPS) is 11.0. The number of benzene rings is 3. The van der Waals surface area contributed by atoms with E-state index in [-0.39, 0.29) is 5.75 Å². The summed E-state index contributed by atoms with van der Waals surface area (Å²) in [5, 5.41) is 9.39. The van der Waals surface area contributed by atoms with Crippen LogP contribution in [0.3, 0.4) is 0 Å². The van der Waals surface area contributed by atoms with Gasteiger partial charge in [-0.15, -0.1) is 0 Å². The molecule has 3 nitrogen and oxygen atoms in total.